The van der Waals surface area contributed by atoms with Crippen molar-refractivity contribution in [3.8, 4) is 6.07 Å². The molecule has 2 aromatic rings. The zero-order valence-corrected chi connectivity index (χ0v) is 14.9. The van der Waals surface area contributed by atoms with Crippen LogP contribution in [0.3, 0.4) is 0 Å². The van der Waals surface area contributed by atoms with Gasteiger partial charge in [-0.3, -0.25) is 0 Å². The molecule has 24 heavy (non-hydrogen) atoms. The lowest BCUT2D eigenvalue weighted by atomic mass is 9.99. The Balaban J connectivity index is 1.83. The Morgan fingerprint density at radius 1 is 1.17 bits per heavy atom. The van der Waals surface area contributed by atoms with Crippen LogP contribution in [0.2, 0.25) is 0 Å². The first-order chi connectivity index (χ1) is 11.6. The van der Waals surface area contributed by atoms with Gasteiger partial charge in [0, 0.05) is 44.5 Å². The van der Waals surface area contributed by atoms with Gasteiger partial charge in [-0.2, -0.15) is 16.6 Å². The molecule has 2 aliphatic heterocycles. The van der Waals surface area contributed by atoms with E-state index >= 15 is 0 Å². The van der Waals surface area contributed by atoms with Crippen LogP contribution < -0.4 is 0 Å². The van der Waals surface area contributed by atoms with Gasteiger partial charge in [-0.1, -0.05) is 0 Å². The average molecular weight is 356 g/mol. The third-order valence-electron chi connectivity index (χ3n) is 4.55. The zero-order chi connectivity index (χ0) is 16.7. The number of nitrogens with zero attached hydrogens (tertiary/aromatic N) is 4. The van der Waals surface area contributed by atoms with Gasteiger partial charge in [0.25, 0.3) is 0 Å². The third kappa shape index (κ3) is 2.58. The van der Waals surface area contributed by atoms with Crippen molar-refractivity contribution in [1.82, 2.24) is 4.90 Å². The van der Waals surface area contributed by atoms with Crippen LogP contribution in [0.4, 0.5) is 5.69 Å². The molecule has 4 heterocycles. The summed E-state index contributed by atoms with van der Waals surface area (Å²) < 4.78 is -0.191. The second kappa shape index (κ2) is 5.83. The van der Waals surface area contributed by atoms with Crippen molar-refractivity contribution in [1.29, 1.82) is 5.26 Å². The minimum atomic E-state index is -0.191. The Kier molecular flexibility index (Phi) is 3.77. The highest BCUT2D eigenvalue weighted by Crippen LogP contribution is 2.40. The molecule has 1 fully saturated rings. The molecule has 0 atom stereocenters. The molecule has 2 aromatic heterocycles. The van der Waals surface area contributed by atoms with Gasteiger partial charge in [0.05, 0.1) is 45.0 Å². The molecule has 4 rings (SSSR count). The number of fused-ring (bicyclic) bond motifs is 2. The topological polar surface area (TPSA) is 62.4 Å². The highest BCUT2D eigenvalue weighted by molar-refractivity contribution is 7.09. The van der Waals surface area contributed by atoms with Crippen molar-refractivity contribution >= 4 is 39.8 Å². The summed E-state index contributed by atoms with van der Waals surface area (Å²) in [5.41, 5.74) is 4.97. The first-order valence-electron chi connectivity index (χ1n) is 7.71. The molecule has 1 saturated heterocycles. The van der Waals surface area contributed by atoms with Crippen LogP contribution >= 0.6 is 22.7 Å². The number of likely N-dealkylation sites (N-methyl/N-ethyl adjacent to an activating group) is 1. The summed E-state index contributed by atoms with van der Waals surface area (Å²) in [7, 11) is 1.73. The van der Waals surface area contributed by atoms with Crippen LogP contribution in [-0.4, -0.2) is 48.6 Å². The van der Waals surface area contributed by atoms with E-state index in [-0.39, 0.29) is 4.65 Å². The van der Waals surface area contributed by atoms with E-state index in [0.29, 0.717) is 26.2 Å². The van der Waals surface area contributed by atoms with Gasteiger partial charge >= 0.3 is 0 Å². The van der Waals surface area contributed by atoms with E-state index in [9.17, 15) is 10.5 Å². The quantitative estimate of drug-likeness (QED) is 0.413. The number of aliphatic imine (C=N–C) groups is 1. The minimum Gasteiger partial charge on any atom is -0.633 e. The van der Waals surface area contributed by atoms with Crippen LogP contribution in [0.1, 0.15) is 16.7 Å². The number of hydrogen-bond donors (Lipinski definition) is 0. The molecule has 5 nitrogen and oxygen atoms in total. The molecule has 0 amide bonds. The first-order valence-corrected chi connectivity index (χ1v) is 9.60. The van der Waals surface area contributed by atoms with Crippen molar-refractivity contribution in [2.24, 2.45) is 4.99 Å². The summed E-state index contributed by atoms with van der Waals surface area (Å²) >= 11 is 3.21. The van der Waals surface area contributed by atoms with E-state index in [1.165, 1.54) is 0 Å². The number of amidine groups is 1. The molecule has 0 aromatic carbocycles. The number of quaternary nitrogens is 1. The van der Waals surface area contributed by atoms with Crippen LogP contribution in [-0.2, 0) is 0 Å². The largest absolute Gasteiger partial charge is 0.633 e. The van der Waals surface area contributed by atoms with Crippen molar-refractivity contribution < 1.29 is 4.65 Å². The molecule has 122 valence electrons. The molecule has 7 heteroatoms. The lowest BCUT2D eigenvalue weighted by Crippen LogP contribution is -2.55. The fourth-order valence-electron chi connectivity index (χ4n) is 3.14. The van der Waals surface area contributed by atoms with E-state index in [1.807, 2.05) is 10.8 Å². The Morgan fingerprint density at radius 2 is 1.83 bits per heavy atom. The highest BCUT2D eigenvalue weighted by atomic mass is 32.1. The fraction of sp³-hybridized carbons (Fsp3) is 0.294. The van der Waals surface area contributed by atoms with Crippen molar-refractivity contribution in [2.45, 2.75) is 0 Å². The minimum absolute atomic E-state index is 0.191. The third-order valence-corrected chi connectivity index (χ3v) is 6.02. The van der Waals surface area contributed by atoms with Gasteiger partial charge in [-0.05, 0) is 5.38 Å². The van der Waals surface area contributed by atoms with Crippen LogP contribution in [0.5, 0.6) is 0 Å². The Bertz CT molecular complexity index is 875. The summed E-state index contributed by atoms with van der Waals surface area (Å²) in [5, 5.41) is 29.6. The molecule has 2 aliphatic rings. The normalized spacial score (nSPS) is 20.8. The first kappa shape index (κ1) is 15.5. The van der Waals surface area contributed by atoms with E-state index in [2.05, 4.69) is 21.7 Å². The van der Waals surface area contributed by atoms with E-state index in [0.717, 1.165) is 33.8 Å². The molecule has 0 bridgehead atoms. The van der Waals surface area contributed by atoms with Gasteiger partial charge in [0.15, 0.2) is 0 Å². The number of nitriles is 1. The zero-order valence-electron chi connectivity index (χ0n) is 13.2. The number of thiophene rings is 2. The second-order valence-corrected chi connectivity index (χ2v) is 7.71. The Labute approximate surface area is 148 Å². The molecule has 0 radical (unpaired) electrons. The maximum Gasteiger partial charge on any atom is 0.138 e. The predicted octanol–water partition coefficient (Wildman–Crippen LogP) is 3.42. The van der Waals surface area contributed by atoms with Crippen LogP contribution in [0, 0.1) is 16.5 Å². The maximum atomic E-state index is 12.1. The smallest absolute Gasteiger partial charge is 0.138 e. The summed E-state index contributed by atoms with van der Waals surface area (Å²) in [4.78, 5) is 7.13. The van der Waals surface area contributed by atoms with Gasteiger partial charge in [-0.15, -0.1) is 11.3 Å². The predicted molar refractivity (Wildman–Crippen MR) is 98.4 cm³/mol. The lowest BCUT2D eigenvalue weighted by Gasteiger charge is -2.45. The second-order valence-electron chi connectivity index (χ2n) is 6.22. The van der Waals surface area contributed by atoms with Crippen molar-refractivity contribution in [3.63, 3.8) is 0 Å². The molecule has 0 N–H and O–H groups in total. The van der Waals surface area contributed by atoms with E-state index < -0.39 is 0 Å². The maximum absolute atomic E-state index is 12.1. The molecule has 0 saturated carbocycles. The average Bonchev–Trinajstić information content (AvgIpc) is 3.18. The Morgan fingerprint density at radius 3 is 2.58 bits per heavy atom. The van der Waals surface area contributed by atoms with E-state index in [1.54, 1.807) is 35.8 Å². The molecular formula is C17H16N4OS2. The SMILES string of the molecule is C[N+]1([O-])CCN(C2=Nc3cscc3/C(=C/C#N)c3cscc32)CC1. The van der Waals surface area contributed by atoms with Gasteiger partial charge < -0.3 is 14.8 Å². The summed E-state index contributed by atoms with van der Waals surface area (Å²) in [6, 6.07) is 2.17. The van der Waals surface area contributed by atoms with Crippen LogP contribution in [0.15, 0.2) is 32.6 Å². The summed E-state index contributed by atoms with van der Waals surface area (Å²) in [6.07, 6.45) is 1.61. The fourth-order valence-corrected chi connectivity index (χ4v) is 4.72. The number of hydroxylamine groups is 3. The number of piperazine rings is 1. The summed E-state index contributed by atoms with van der Waals surface area (Å²) in [5.74, 6) is 0.923. The number of hydrogen-bond acceptors (Lipinski definition) is 6. The number of allylic oxidation sites excluding steroid dienone is 1. The summed E-state index contributed by atoms with van der Waals surface area (Å²) in [6.45, 7) is 2.53. The molecule has 0 spiro atoms. The van der Waals surface area contributed by atoms with E-state index in [4.69, 9.17) is 4.99 Å². The lowest BCUT2D eigenvalue weighted by molar-refractivity contribution is -0.864. The molecular weight excluding hydrogens is 340 g/mol. The van der Waals surface area contributed by atoms with Gasteiger partial charge in [0.2, 0.25) is 0 Å². The highest BCUT2D eigenvalue weighted by Gasteiger charge is 2.29. The van der Waals surface area contributed by atoms with Crippen molar-refractivity contribution in [3.05, 3.63) is 49.5 Å². The number of rotatable bonds is 0. The van der Waals surface area contributed by atoms with Crippen molar-refractivity contribution in [2.75, 3.05) is 33.2 Å². The Hall–Kier alpha value is -1.98. The van der Waals surface area contributed by atoms with Crippen LogP contribution in [0.25, 0.3) is 5.57 Å². The molecule has 0 unspecified atom stereocenters. The molecule has 0 aliphatic carbocycles. The standard InChI is InChI=1S/C17H16N4OS2/c1-21(22)6-4-20(5-7-21)17-15-10-23-8-13(15)12(2-3-18)14-9-24-11-16(14)19-17/h2,8-11H,4-7H2,1H3/b12-2+. The monoisotopic (exact) mass is 356 g/mol. The van der Waals surface area contributed by atoms with Gasteiger partial charge in [-0.25, -0.2) is 4.99 Å². The van der Waals surface area contributed by atoms with Gasteiger partial charge in [0.1, 0.15) is 5.84 Å².